The van der Waals surface area contributed by atoms with E-state index >= 15 is 0 Å². The van der Waals surface area contributed by atoms with Gasteiger partial charge >= 0.3 is 5.97 Å². The second-order valence-corrected chi connectivity index (χ2v) is 13.9. The quantitative estimate of drug-likeness (QED) is 0.543. The monoisotopic (exact) mass is 396 g/mol. The third-order valence-electron chi connectivity index (χ3n) is 6.10. The highest BCUT2D eigenvalue weighted by atomic mass is 28.3. The molecule has 2 aromatic rings. The van der Waals surface area contributed by atoms with Gasteiger partial charge in [-0.25, -0.2) is 4.79 Å². The van der Waals surface area contributed by atoms with Crippen molar-refractivity contribution in [3.63, 3.8) is 0 Å². The van der Waals surface area contributed by atoms with Crippen molar-refractivity contribution in [2.75, 3.05) is 6.61 Å². The number of ether oxygens (including phenoxy) is 2. The van der Waals surface area contributed by atoms with Gasteiger partial charge in [-0.2, -0.15) is 0 Å². The van der Waals surface area contributed by atoms with Crippen LogP contribution >= 0.6 is 0 Å². The predicted octanol–water partition coefficient (Wildman–Crippen LogP) is 4.16. The van der Waals surface area contributed by atoms with Crippen molar-refractivity contribution in [2.24, 2.45) is 0 Å². The lowest BCUT2D eigenvalue weighted by Gasteiger charge is -2.51. The second kappa shape index (κ2) is 7.84. The minimum atomic E-state index is -2.18. The van der Waals surface area contributed by atoms with Crippen molar-refractivity contribution in [2.45, 2.75) is 63.8 Å². The first kappa shape index (κ1) is 20.8. The molecule has 3 nitrogen and oxygen atoms in total. The molecule has 0 bridgehead atoms. The minimum absolute atomic E-state index is 0.0701. The molecular formula is C24H32O3Si. The zero-order chi connectivity index (χ0) is 20.4. The van der Waals surface area contributed by atoms with Gasteiger partial charge < -0.3 is 9.47 Å². The lowest BCUT2D eigenvalue weighted by Crippen LogP contribution is -2.68. The number of rotatable bonds is 6. The first-order valence-corrected chi connectivity index (χ1v) is 12.4. The van der Waals surface area contributed by atoms with Crippen molar-refractivity contribution < 1.29 is 14.3 Å². The van der Waals surface area contributed by atoms with Crippen LogP contribution in [0.3, 0.4) is 0 Å². The van der Waals surface area contributed by atoms with Crippen molar-refractivity contribution in [3.05, 3.63) is 60.7 Å². The Labute approximate surface area is 170 Å². The first-order valence-electron chi connectivity index (χ1n) is 10.2. The molecule has 1 saturated heterocycles. The highest BCUT2D eigenvalue weighted by Gasteiger charge is 2.55. The van der Waals surface area contributed by atoms with E-state index in [0.717, 1.165) is 12.5 Å². The van der Waals surface area contributed by atoms with Crippen LogP contribution in [0, 0.1) is 0 Å². The van der Waals surface area contributed by atoms with Gasteiger partial charge in [0, 0.05) is 6.42 Å². The van der Waals surface area contributed by atoms with Gasteiger partial charge in [-0.1, -0.05) is 91.8 Å². The topological polar surface area (TPSA) is 35.5 Å². The Bertz CT molecular complexity index is 750. The normalized spacial score (nSPS) is 22.4. The summed E-state index contributed by atoms with van der Waals surface area (Å²) in [5.41, 5.74) is -0.800. The van der Waals surface area contributed by atoms with Crippen LogP contribution < -0.4 is 10.4 Å². The van der Waals surface area contributed by atoms with Crippen LogP contribution in [0.25, 0.3) is 0 Å². The smallest absolute Gasteiger partial charge is 0.338 e. The lowest BCUT2D eigenvalue weighted by atomic mass is 9.92. The SMILES string of the molecule is CCOC(=O)[C@@]1(C)C[C@H](C[Si](c2ccccc2)(c2ccccc2)C(C)(C)C)O1. The average molecular weight is 397 g/mol. The van der Waals surface area contributed by atoms with Gasteiger partial charge in [0.25, 0.3) is 0 Å². The molecule has 0 aliphatic carbocycles. The standard InChI is InChI=1S/C24H32O3Si/c1-6-26-22(25)24(5)17-19(27-24)18-28(23(2,3)4,20-13-9-7-10-14-20)21-15-11-8-12-16-21/h7-16,19H,6,17-18H2,1-5H3/t19-,24-/m1/s1. The Balaban J connectivity index is 1.98. The molecule has 1 aliphatic rings. The molecule has 3 rings (SSSR count). The summed E-state index contributed by atoms with van der Waals surface area (Å²) < 4.78 is 11.4. The van der Waals surface area contributed by atoms with E-state index in [4.69, 9.17) is 9.47 Å². The summed E-state index contributed by atoms with van der Waals surface area (Å²) >= 11 is 0. The summed E-state index contributed by atoms with van der Waals surface area (Å²) in [6.07, 6.45) is 0.789. The summed E-state index contributed by atoms with van der Waals surface area (Å²) in [7, 11) is -2.18. The van der Waals surface area contributed by atoms with Crippen LogP contribution in [-0.4, -0.2) is 32.4 Å². The molecule has 1 fully saturated rings. The molecule has 0 aromatic heterocycles. The van der Waals surface area contributed by atoms with Crippen LogP contribution in [0.15, 0.2) is 60.7 Å². The Morgan fingerprint density at radius 3 is 1.93 bits per heavy atom. The molecule has 0 N–H and O–H groups in total. The molecular weight excluding hydrogens is 364 g/mol. The van der Waals surface area contributed by atoms with Gasteiger partial charge in [-0.15, -0.1) is 0 Å². The first-order chi connectivity index (χ1) is 13.2. The fourth-order valence-electron chi connectivity index (χ4n) is 4.68. The summed E-state index contributed by atoms with van der Waals surface area (Å²) in [6.45, 7) is 11.1. The zero-order valence-corrected chi connectivity index (χ0v) is 18.7. The highest BCUT2D eigenvalue weighted by Crippen LogP contribution is 2.45. The molecule has 1 heterocycles. The summed E-state index contributed by atoms with van der Waals surface area (Å²) in [6, 6.07) is 22.7. The van der Waals surface area contributed by atoms with Crippen LogP contribution in [0.4, 0.5) is 0 Å². The highest BCUT2D eigenvalue weighted by molar-refractivity contribution is 7.04. The van der Waals surface area contributed by atoms with Crippen molar-refractivity contribution in [1.29, 1.82) is 0 Å². The molecule has 0 unspecified atom stereocenters. The minimum Gasteiger partial charge on any atom is -0.464 e. The van der Waals surface area contributed by atoms with E-state index in [2.05, 4.69) is 81.4 Å². The fraction of sp³-hybridized carbons (Fsp3) is 0.458. The number of carbonyl (C=O) groups excluding carboxylic acids is 1. The van der Waals surface area contributed by atoms with E-state index < -0.39 is 13.7 Å². The number of hydrogen-bond acceptors (Lipinski definition) is 3. The third kappa shape index (κ3) is 3.68. The largest absolute Gasteiger partial charge is 0.464 e. The molecule has 2 atom stereocenters. The van der Waals surface area contributed by atoms with E-state index in [0.29, 0.717) is 6.61 Å². The van der Waals surface area contributed by atoms with Crippen molar-refractivity contribution >= 4 is 24.4 Å². The molecule has 1 aliphatic heterocycles. The van der Waals surface area contributed by atoms with Crippen LogP contribution in [0.1, 0.15) is 41.0 Å². The molecule has 0 radical (unpaired) electrons. The molecule has 0 amide bonds. The maximum atomic E-state index is 12.3. The molecule has 0 spiro atoms. The van der Waals surface area contributed by atoms with Crippen molar-refractivity contribution in [1.82, 2.24) is 0 Å². The van der Waals surface area contributed by atoms with Gasteiger partial charge in [-0.3, -0.25) is 0 Å². The van der Waals surface area contributed by atoms with Crippen LogP contribution in [0.2, 0.25) is 11.1 Å². The van der Waals surface area contributed by atoms with E-state index in [-0.39, 0.29) is 17.1 Å². The summed E-state index contributed by atoms with van der Waals surface area (Å²) in [5, 5.41) is 2.93. The van der Waals surface area contributed by atoms with Gasteiger partial charge in [-0.05, 0) is 24.9 Å². The number of esters is 1. The van der Waals surface area contributed by atoms with Gasteiger partial charge in [0.2, 0.25) is 0 Å². The number of hydrogen-bond donors (Lipinski definition) is 0. The van der Waals surface area contributed by atoms with E-state index in [1.165, 1.54) is 10.4 Å². The number of benzene rings is 2. The summed E-state index contributed by atoms with van der Waals surface area (Å²) in [5.74, 6) is -0.242. The maximum Gasteiger partial charge on any atom is 0.338 e. The van der Waals surface area contributed by atoms with Gasteiger partial charge in [0.05, 0.1) is 12.7 Å². The predicted molar refractivity (Wildman–Crippen MR) is 117 cm³/mol. The Morgan fingerprint density at radius 1 is 1.07 bits per heavy atom. The van der Waals surface area contributed by atoms with Crippen LogP contribution in [0.5, 0.6) is 0 Å². The van der Waals surface area contributed by atoms with E-state index in [9.17, 15) is 4.79 Å². The molecule has 4 heteroatoms. The average Bonchev–Trinajstić information content (AvgIpc) is 2.65. The van der Waals surface area contributed by atoms with E-state index in [1.807, 2.05) is 13.8 Å². The van der Waals surface area contributed by atoms with E-state index in [1.54, 1.807) is 0 Å². The van der Waals surface area contributed by atoms with Crippen LogP contribution in [-0.2, 0) is 14.3 Å². The second-order valence-electron chi connectivity index (χ2n) is 8.99. The zero-order valence-electron chi connectivity index (χ0n) is 17.7. The summed E-state index contributed by atoms with van der Waals surface area (Å²) in [4.78, 5) is 12.3. The molecule has 0 saturated carbocycles. The maximum absolute atomic E-state index is 12.3. The van der Waals surface area contributed by atoms with Crippen molar-refractivity contribution in [3.8, 4) is 0 Å². The molecule has 150 valence electrons. The molecule has 28 heavy (non-hydrogen) atoms. The Hall–Kier alpha value is -1.91. The fourth-order valence-corrected chi connectivity index (χ4v) is 10.3. The Morgan fingerprint density at radius 2 is 1.54 bits per heavy atom. The Kier molecular flexibility index (Phi) is 5.83. The lowest BCUT2D eigenvalue weighted by molar-refractivity contribution is -0.216. The van der Waals surface area contributed by atoms with Gasteiger partial charge in [0.1, 0.15) is 8.07 Å². The number of carbonyl (C=O) groups is 1. The molecule has 2 aromatic carbocycles. The third-order valence-corrected chi connectivity index (χ3v) is 12.4. The van der Waals surface area contributed by atoms with Gasteiger partial charge in [0.15, 0.2) is 5.60 Å².